The van der Waals surface area contributed by atoms with Crippen molar-refractivity contribution >= 4 is 39.0 Å². The van der Waals surface area contributed by atoms with Crippen LogP contribution in [0.4, 0.5) is 0 Å². The van der Waals surface area contributed by atoms with Crippen molar-refractivity contribution in [3.05, 3.63) is 0 Å². The summed E-state index contributed by atoms with van der Waals surface area (Å²) >= 11 is 9.53. The smallest absolute Gasteiger partial charge is 0.0601 e. The minimum Gasteiger partial charge on any atom is -0.119 e. The van der Waals surface area contributed by atoms with Gasteiger partial charge in [-0.3, -0.25) is 0 Å². The Morgan fingerprint density at radius 1 is 1.43 bits per heavy atom. The molecule has 4 heteroatoms. The van der Waals surface area contributed by atoms with E-state index >= 15 is 0 Å². The molecule has 0 aliphatic carbocycles. The maximum atomic E-state index is 5.72. The van der Waals surface area contributed by atoms with Gasteiger partial charge in [-0.25, -0.2) is 0 Å². The molecule has 0 aliphatic heterocycles. The first-order valence-corrected chi connectivity index (χ1v) is 10.8. The van der Waals surface area contributed by atoms with Crippen molar-refractivity contribution in [3.8, 4) is 12.3 Å². The zero-order chi connectivity index (χ0) is 11.2. The van der Waals surface area contributed by atoms with Crippen LogP contribution >= 0.6 is 27.2 Å². The van der Waals surface area contributed by atoms with Crippen LogP contribution in [-0.2, 0) is 11.8 Å². The quantitative estimate of drug-likeness (QED) is 0.509. The van der Waals surface area contributed by atoms with E-state index in [4.69, 9.17) is 18.2 Å². The van der Waals surface area contributed by atoms with Crippen molar-refractivity contribution in [2.75, 3.05) is 11.9 Å². The largest absolute Gasteiger partial charge is 0.119 e. The van der Waals surface area contributed by atoms with Crippen molar-refractivity contribution in [2.45, 2.75) is 38.9 Å². The molecule has 0 rings (SSSR count). The predicted octanol–water partition coefficient (Wildman–Crippen LogP) is 4.60. The summed E-state index contributed by atoms with van der Waals surface area (Å²) in [4.78, 5) is 0. The summed E-state index contributed by atoms with van der Waals surface area (Å²) in [7, 11) is 0. The van der Waals surface area contributed by atoms with Gasteiger partial charge in [0.05, 0.1) is 10.2 Å². The molecular weight excluding hydrogens is 247 g/mol. The molecule has 0 aromatic rings. The summed E-state index contributed by atoms with van der Waals surface area (Å²) in [5.74, 6) is 3.43. The molecule has 0 aliphatic rings. The fourth-order valence-electron chi connectivity index (χ4n) is 0.759. The molecule has 1 unspecified atom stereocenters. The Hall–Kier alpha value is 0.910. The minimum atomic E-state index is -1.33. The highest BCUT2D eigenvalue weighted by Crippen LogP contribution is 2.72. The number of hydrogen-bond donors (Lipinski definition) is 0. The molecule has 82 valence electrons. The zero-order valence-electron chi connectivity index (χ0n) is 9.37. The third kappa shape index (κ3) is 5.71. The molecule has 0 nitrogen and oxygen atoms in total. The molecule has 0 spiro atoms. The molecule has 0 bridgehead atoms. The van der Waals surface area contributed by atoms with Crippen molar-refractivity contribution in [3.63, 3.8) is 0 Å². The van der Waals surface area contributed by atoms with Gasteiger partial charge in [-0.15, -0.1) is 29.2 Å². The SMILES string of the molecule is C#CCSP(=S)(CC)SC(C)(C)CC. The Kier molecular flexibility index (Phi) is 6.90. The molecule has 0 aromatic heterocycles. The standard InChI is InChI=1S/C10H19PS3/c1-6-9-13-11(12,8-3)14-10(4,5)7-2/h1H,7-9H2,2-5H3. The molecular formula is C10H19PS3. The molecule has 0 saturated carbocycles. The Morgan fingerprint density at radius 2 is 2.00 bits per heavy atom. The van der Waals surface area contributed by atoms with Gasteiger partial charge in [0.25, 0.3) is 0 Å². The highest BCUT2D eigenvalue weighted by molar-refractivity contribution is 9.00. The normalized spacial score (nSPS) is 15.9. The molecule has 14 heavy (non-hydrogen) atoms. The monoisotopic (exact) mass is 266 g/mol. The second-order valence-electron chi connectivity index (χ2n) is 3.61. The fourth-order valence-corrected chi connectivity index (χ4v) is 11.9. The molecule has 0 N–H and O–H groups in total. The predicted molar refractivity (Wildman–Crippen MR) is 78.1 cm³/mol. The highest BCUT2D eigenvalue weighted by atomic mass is 33.2. The fraction of sp³-hybridized carbons (Fsp3) is 0.800. The maximum Gasteiger partial charge on any atom is 0.0601 e. The van der Waals surface area contributed by atoms with Crippen LogP contribution in [0.25, 0.3) is 0 Å². The van der Waals surface area contributed by atoms with Crippen LogP contribution in [0.15, 0.2) is 0 Å². The third-order valence-electron chi connectivity index (χ3n) is 1.97. The summed E-state index contributed by atoms with van der Waals surface area (Å²) in [5.41, 5.74) is 0. The van der Waals surface area contributed by atoms with Crippen molar-refractivity contribution in [2.24, 2.45) is 0 Å². The second kappa shape index (κ2) is 6.48. The van der Waals surface area contributed by atoms with Crippen molar-refractivity contribution < 1.29 is 0 Å². The molecule has 0 fully saturated rings. The lowest BCUT2D eigenvalue weighted by Crippen LogP contribution is -2.11. The van der Waals surface area contributed by atoms with Crippen LogP contribution in [0.2, 0.25) is 0 Å². The summed E-state index contributed by atoms with van der Waals surface area (Å²) in [6.45, 7) is 8.94. The van der Waals surface area contributed by atoms with E-state index in [2.05, 4.69) is 33.6 Å². The lowest BCUT2D eigenvalue weighted by molar-refractivity contribution is 0.690. The van der Waals surface area contributed by atoms with Gasteiger partial charge in [0, 0.05) is 4.75 Å². The van der Waals surface area contributed by atoms with Crippen LogP contribution in [0.5, 0.6) is 0 Å². The molecule has 0 aromatic carbocycles. The van der Waals surface area contributed by atoms with Crippen LogP contribution in [0, 0.1) is 12.3 Å². The van der Waals surface area contributed by atoms with Gasteiger partial charge in [-0.2, -0.15) is 0 Å². The lowest BCUT2D eigenvalue weighted by Gasteiger charge is -2.29. The average molecular weight is 266 g/mol. The number of hydrogen-bond acceptors (Lipinski definition) is 3. The Morgan fingerprint density at radius 3 is 2.36 bits per heavy atom. The Bertz CT molecular complexity index is 253. The van der Waals surface area contributed by atoms with Crippen LogP contribution in [0.3, 0.4) is 0 Å². The minimum absolute atomic E-state index is 0.299. The van der Waals surface area contributed by atoms with Gasteiger partial charge in [0.1, 0.15) is 0 Å². The van der Waals surface area contributed by atoms with Gasteiger partial charge in [0.15, 0.2) is 0 Å². The Balaban J connectivity index is 4.41. The highest BCUT2D eigenvalue weighted by Gasteiger charge is 2.26. The van der Waals surface area contributed by atoms with E-state index in [1.165, 1.54) is 0 Å². The second-order valence-corrected chi connectivity index (χ2v) is 16.3. The van der Waals surface area contributed by atoms with Gasteiger partial charge in [-0.1, -0.05) is 45.4 Å². The molecule has 0 radical (unpaired) electrons. The van der Waals surface area contributed by atoms with Gasteiger partial charge in [0.2, 0.25) is 0 Å². The van der Waals surface area contributed by atoms with E-state index in [9.17, 15) is 0 Å². The number of terminal acetylenes is 1. The summed E-state index contributed by atoms with van der Waals surface area (Å²) in [6.07, 6.45) is 7.52. The first-order valence-electron chi connectivity index (χ1n) is 4.77. The van der Waals surface area contributed by atoms with E-state index < -0.39 is 4.44 Å². The van der Waals surface area contributed by atoms with Crippen LogP contribution < -0.4 is 0 Å². The van der Waals surface area contributed by atoms with E-state index in [0.717, 1.165) is 18.3 Å². The van der Waals surface area contributed by atoms with E-state index in [1.807, 2.05) is 22.8 Å². The van der Waals surface area contributed by atoms with E-state index in [0.29, 0.717) is 4.75 Å². The molecule has 0 saturated heterocycles. The average Bonchev–Trinajstić information content (AvgIpc) is 2.14. The third-order valence-corrected chi connectivity index (χ3v) is 13.9. The topological polar surface area (TPSA) is 0 Å². The summed E-state index contributed by atoms with van der Waals surface area (Å²) in [5, 5.41) is 0. The van der Waals surface area contributed by atoms with Crippen LogP contribution in [-0.4, -0.2) is 16.7 Å². The molecule has 0 heterocycles. The number of rotatable bonds is 6. The molecule has 0 amide bonds. The first kappa shape index (κ1) is 14.9. The van der Waals surface area contributed by atoms with Crippen LogP contribution in [0.1, 0.15) is 34.1 Å². The van der Waals surface area contributed by atoms with Crippen molar-refractivity contribution in [1.82, 2.24) is 0 Å². The van der Waals surface area contributed by atoms with Gasteiger partial charge in [-0.05, 0) is 12.6 Å². The van der Waals surface area contributed by atoms with Crippen molar-refractivity contribution in [1.29, 1.82) is 0 Å². The zero-order valence-corrected chi connectivity index (χ0v) is 12.7. The van der Waals surface area contributed by atoms with E-state index in [1.54, 1.807) is 0 Å². The van der Waals surface area contributed by atoms with Gasteiger partial charge >= 0.3 is 0 Å². The van der Waals surface area contributed by atoms with E-state index in [-0.39, 0.29) is 0 Å². The summed E-state index contributed by atoms with van der Waals surface area (Å²) < 4.78 is -1.03. The lowest BCUT2D eigenvalue weighted by atomic mass is 10.1. The Labute approximate surface area is 102 Å². The van der Waals surface area contributed by atoms with Gasteiger partial charge < -0.3 is 0 Å². The molecule has 1 atom stereocenters. The summed E-state index contributed by atoms with van der Waals surface area (Å²) in [6, 6.07) is 0. The first-order chi connectivity index (χ1) is 6.39. The maximum absolute atomic E-state index is 5.72.